The van der Waals surface area contributed by atoms with Crippen LogP contribution in [0.2, 0.25) is 0 Å². The SMILES string of the molecule is CCCCC(C)C(=O)OCS. The molecule has 0 N–H and O–H groups in total. The van der Waals surface area contributed by atoms with Crippen LogP contribution in [-0.2, 0) is 9.53 Å². The Morgan fingerprint density at radius 1 is 1.64 bits per heavy atom. The number of unbranched alkanes of at least 4 members (excludes halogenated alkanes) is 1. The topological polar surface area (TPSA) is 26.3 Å². The van der Waals surface area contributed by atoms with Gasteiger partial charge in [0, 0.05) is 0 Å². The molecule has 0 saturated carbocycles. The number of rotatable bonds is 5. The monoisotopic (exact) mass is 176 g/mol. The molecule has 1 unspecified atom stereocenters. The van der Waals surface area contributed by atoms with Gasteiger partial charge in [-0.15, -0.1) is 12.6 Å². The zero-order chi connectivity index (χ0) is 8.69. The van der Waals surface area contributed by atoms with Gasteiger partial charge in [-0.25, -0.2) is 0 Å². The summed E-state index contributed by atoms with van der Waals surface area (Å²) in [5.74, 6) is 0.0884. The smallest absolute Gasteiger partial charge is 0.309 e. The Bertz CT molecular complexity index is 115. The van der Waals surface area contributed by atoms with Gasteiger partial charge in [0.1, 0.15) is 5.94 Å². The van der Waals surface area contributed by atoms with Crippen molar-refractivity contribution < 1.29 is 9.53 Å². The van der Waals surface area contributed by atoms with E-state index in [1.807, 2.05) is 6.92 Å². The fourth-order valence-electron chi connectivity index (χ4n) is 0.834. The predicted octanol–water partition coefficient (Wildman–Crippen LogP) is 2.24. The van der Waals surface area contributed by atoms with Crippen molar-refractivity contribution in [3.05, 3.63) is 0 Å². The van der Waals surface area contributed by atoms with Gasteiger partial charge in [-0.3, -0.25) is 4.79 Å². The molecule has 0 rings (SSSR count). The van der Waals surface area contributed by atoms with Crippen LogP contribution >= 0.6 is 12.6 Å². The van der Waals surface area contributed by atoms with Gasteiger partial charge in [0.25, 0.3) is 0 Å². The molecule has 0 aromatic carbocycles. The lowest BCUT2D eigenvalue weighted by Crippen LogP contribution is -2.13. The maximum atomic E-state index is 11.0. The lowest BCUT2D eigenvalue weighted by atomic mass is 10.1. The molecule has 0 saturated heterocycles. The minimum absolute atomic E-state index is 0.0297. The van der Waals surface area contributed by atoms with Crippen LogP contribution in [0.25, 0.3) is 0 Å². The van der Waals surface area contributed by atoms with Crippen LogP contribution in [0.15, 0.2) is 0 Å². The fourth-order valence-corrected chi connectivity index (χ4v) is 0.961. The van der Waals surface area contributed by atoms with Crippen molar-refractivity contribution in [3.8, 4) is 0 Å². The molecule has 66 valence electrons. The van der Waals surface area contributed by atoms with Gasteiger partial charge < -0.3 is 4.74 Å². The van der Waals surface area contributed by atoms with Crippen LogP contribution in [-0.4, -0.2) is 11.9 Å². The number of ether oxygens (including phenoxy) is 1. The van der Waals surface area contributed by atoms with Crippen LogP contribution in [0.1, 0.15) is 33.1 Å². The molecule has 0 bridgehead atoms. The van der Waals surface area contributed by atoms with Crippen molar-refractivity contribution in [3.63, 3.8) is 0 Å². The van der Waals surface area contributed by atoms with E-state index in [9.17, 15) is 4.79 Å². The van der Waals surface area contributed by atoms with Crippen LogP contribution in [0.4, 0.5) is 0 Å². The Hall–Kier alpha value is -0.180. The molecule has 0 aliphatic carbocycles. The maximum absolute atomic E-state index is 11.0. The van der Waals surface area contributed by atoms with Crippen molar-refractivity contribution in [1.82, 2.24) is 0 Å². The molecule has 0 radical (unpaired) electrons. The zero-order valence-electron chi connectivity index (χ0n) is 7.17. The van der Waals surface area contributed by atoms with Gasteiger partial charge in [-0.05, 0) is 6.42 Å². The van der Waals surface area contributed by atoms with Crippen molar-refractivity contribution in [2.45, 2.75) is 33.1 Å². The van der Waals surface area contributed by atoms with E-state index < -0.39 is 0 Å². The molecular formula is C8H16O2S. The molecule has 3 heteroatoms. The second-order valence-corrected chi connectivity index (χ2v) is 2.89. The first-order valence-corrected chi connectivity index (χ1v) is 4.63. The van der Waals surface area contributed by atoms with Gasteiger partial charge in [0.05, 0.1) is 5.92 Å². The lowest BCUT2D eigenvalue weighted by molar-refractivity contribution is -0.145. The van der Waals surface area contributed by atoms with Crippen molar-refractivity contribution in [1.29, 1.82) is 0 Å². The fraction of sp³-hybridized carbons (Fsp3) is 0.875. The highest BCUT2D eigenvalue weighted by Gasteiger charge is 2.12. The van der Waals surface area contributed by atoms with E-state index >= 15 is 0 Å². The predicted molar refractivity (Wildman–Crippen MR) is 48.6 cm³/mol. The number of carbonyl (C=O) groups is 1. The molecule has 0 amide bonds. The van der Waals surface area contributed by atoms with E-state index in [0.29, 0.717) is 0 Å². The number of hydrogen-bond donors (Lipinski definition) is 1. The summed E-state index contributed by atoms with van der Waals surface area (Å²) in [6.07, 6.45) is 3.13. The molecule has 0 fully saturated rings. The minimum Gasteiger partial charge on any atom is -0.455 e. The average molecular weight is 176 g/mol. The Kier molecular flexibility index (Phi) is 6.42. The number of carbonyl (C=O) groups excluding carboxylic acids is 1. The Balaban J connectivity index is 3.46. The molecule has 0 aromatic rings. The quantitative estimate of drug-likeness (QED) is 0.395. The van der Waals surface area contributed by atoms with Crippen LogP contribution in [0, 0.1) is 5.92 Å². The summed E-state index contributed by atoms with van der Waals surface area (Å²) in [6, 6.07) is 0. The standard InChI is InChI=1S/C8H16O2S/c1-3-4-5-7(2)8(9)10-6-11/h7,11H,3-6H2,1-2H3. The van der Waals surface area contributed by atoms with Gasteiger partial charge in [-0.2, -0.15) is 0 Å². The van der Waals surface area contributed by atoms with E-state index in [1.54, 1.807) is 0 Å². The summed E-state index contributed by atoms with van der Waals surface area (Å²) in [5, 5.41) is 0. The third kappa shape index (κ3) is 5.13. The lowest BCUT2D eigenvalue weighted by Gasteiger charge is -2.08. The van der Waals surface area contributed by atoms with E-state index in [-0.39, 0.29) is 17.8 Å². The molecular weight excluding hydrogens is 160 g/mol. The zero-order valence-corrected chi connectivity index (χ0v) is 8.06. The summed E-state index contributed by atoms with van der Waals surface area (Å²) < 4.78 is 4.73. The molecule has 11 heavy (non-hydrogen) atoms. The number of hydrogen-bond acceptors (Lipinski definition) is 3. The first-order valence-electron chi connectivity index (χ1n) is 3.99. The minimum atomic E-state index is -0.131. The summed E-state index contributed by atoms with van der Waals surface area (Å²) >= 11 is 3.80. The van der Waals surface area contributed by atoms with Gasteiger partial charge in [0.2, 0.25) is 0 Å². The van der Waals surface area contributed by atoms with Crippen molar-refractivity contribution >= 4 is 18.6 Å². The Labute approximate surface area is 73.7 Å². The van der Waals surface area contributed by atoms with E-state index in [1.165, 1.54) is 0 Å². The summed E-state index contributed by atoms with van der Waals surface area (Å²) in [7, 11) is 0. The van der Waals surface area contributed by atoms with Gasteiger partial charge in [-0.1, -0.05) is 26.7 Å². The number of esters is 1. The molecule has 0 spiro atoms. The summed E-state index contributed by atoms with van der Waals surface area (Å²) in [6.45, 7) is 4.00. The highest BCUT2D eigenvalue weighted by molar-refractivity contribution is 7.80. The second kappa shape index (κ2) is 6.53. The van der Waals surface area contributed by atoms with Crippen LogP contribution in [0.3, 0.4) is 0 Å². The average Bonchev–Trinajstić information content (AvgIpc) is 2.00. The molecule has 0 aliphatic rings. The van der Waals surface area contributed by atoms with Gasteiger partial charge >= 0.3 is 5.97 Å². The van der Waals surface area contributed by atoms with Crippen molar-refractivity contribution in [2.24, 2.45) is 5.92 Å². The largest absolute Gasteiger partial charge is 0.455 e. The first kappa shape index (κ1) is 10.8. The third-order valence-corrected chi connectivity index (χ3v) is 1.73. The normalized spacial score (nSPS) is 12.6. The van der Waals surface area contributed by atoms with Crippen molar-refractivity contribution in [2.75, 3.05) is 5.94 Å². The third-order valence-electron chi connectivity index (χ3n) is 1.60. The van der Waals surface area contributed by atoms with E-state index in [4.69, 9.17) is 4.74 Å². The van der Waals surface area contributed by atoms with Crippen LogP contribution in [0.5, 0.6) is 0 Å². The van der Waals surface area contributed by atoms with Gasteiger partial charge in [0.15, 0.2) is 0 Å². The summed E-state index contributed by atoms with van der Waals surface area (Å²) in [4.78, 5) is 11.0. The molecule has 0 aliphatic heterocycles. The highest BCUT2D eigenvalue weighted by Crippen LogP contribution is 2.09. The Morgan fingerprint density at radius 3 is 2.73 bits per heavy atom. The number of thiol groups is 1. The highest BCUT2D eigenvalue weighted by atomic mass is 32.1. The first-order chi connectivity index (χ1) is 5.22. The molecule has 1 atom stereocenters. The Morgan fingerprint density at radius 2 is 2.27 bits per heavy atom. The second-order valence-electron chi connectivity index (χ2n) is 2.64. The molecule has 2 nitrogen and oxygen atoms in total. The van der Waals surface area contributed by atoms with E-state index in [0.717, 1.165) is 19.3 Å². The molecule has 0 aromatic heterocycles. The van der Waals surface area contributed by atoms with Crippen LogP contribution < -0.4 is 0 Å². The summed E-state index contributed by atoms with van der Waals surface area (Å²) in [5.41, 5.74) is 0. The maximum Gasteiger partial charge on any atom is 0.309 e. The van der Waals surface area contributed by atoms with E-state index in [2.05, 4.69) is 19.6 Å². The molecule has 0 heterocycles.